The van der Waals surface area contributed by atoms with Crippen molar-refractivity contribution in [1.82, 2.24) is 14.8 Å². The fourth-order valence-electron chi connectivity index (χ4n) is 10.5. The van der Waals surface area contributed by atoms with E-state index in [1.807, 2.05) is 0 Å². The van der Waals surface area contributed by atoms with Gasteiger partial charge in [0.05, 0.1) is 5.52 Å². The van der Waals surface area contributed by atoms with Gasteiger partial charge in [-0.2, -0.15) is 0 Å². The van der Waals surface area contributed by atoms with Gasteiger partial charge in [0.25, 0.3) is 0 Å². The van der Waals surface area contributed by atoms with Crippen LogP contribution >= 0.6 is 0 Å². The molecular formula is C48H55N5. The molecule has 2 atom stereocenters. The number of rotatable bonds is 4. The molecule has 1 fully saturated rings. The number of nitrogens with one attached hydrogen (secondary N) is 1. The van der Waals surface area contributed by atoms with Crippen molar-refractivity contribution >= 4 is 40.0 Å². The molecule has 1 aromatic heterocycles. The molecule has 2 unspecified atom stereocenters. The van der Waals surface area contributed by atoms with Gasteiger partial charge in [-0.3, -0.25) is 4.90 Å². The third-order valence-corrected chi connectivity index (χ3v) is 13.4. The Bertz CT molecular complexity index is 2190. The number of aliphatic imine (C=N–C) groups is 2. The van der Waals surface area contributed by atoms with E-state index in [4.69, 9.17) is 9.98 Å². The molecule has 1 aromatic carbocycles. The van der Waals surface area contributed by atoms with Crippen molar-refractivity contribution < 1.29 is 0 Å². The fourth-order valence-corrected chi connectivity index (χ4v) is 10.5. The number of hydrogen-bond donors (Lipinski definition) is 1. The van der Waals surface area contributed by atoms with E-state index in [9.17, 15) is 0 Å². The monoisotopic (exact) mass is 701 g/mol. The minimum Gasteiger partial charge on any atom is -0.313 e. The van der Waals surface area contributed by atoms with Crippen LogP contribution in [-0.4, -0.2) is 27.4 Å². The minimum absolute atomic E-state index is 0.0198. The summed E-state index contributed by atoms with van der Waals surface area (Å²) < 4.78 is 2.60. The average molecular weight is 702 g/mol. The molecule has 3 heterocycles. The summed E-state index contributed by atoms with van der Waals surface area (Å²) in [6.07, 6.45) is 39.1. The van der Waals surface area contributed by atoms with Crippen LogP contribution in [0.3, 0.4) is 0 Å². The quantitative estimate of drug-likeness (QED) is 0.345. The van der Waals surface area contributed by atoms with Gasteiger partial charge in [-0.15, -0.1) is 0 Å². The highest BCUT2D eigenvalue weighted by Crippen LogP contribution is 2.50. The lowest BCUT2D eigenvalue weighted by atomic mass is 9.81. The Hall–Kier alpha value is -4.38. The van der Waals surface area contributed by atoms with Crippen molar-refractivity contribution in [3.8, 4) is 0 Å². The number of fused-ring (bicyclic) bond motifs is 5. The molecule has 0 radical (unpaired) electrons. The van der Waals surface area contributed by atoms with Crippen LogP contribution < -0.4 is 5.32 Å². The highest BCUT2D eigenvalue weighted by atomic mass is 15.4. The van der Waals surface area contributed by atoms with Crippen LogP contribution in [0.5, 0.6) is 0 Å². The molecule has 0 amide bonds. The smallest absolute Gasteiger partial charge is 0.210 e. The van der Waals surface area contributed by atoms with Crippen molar-refractivity contribution in [1.29, 1.82) is 0 Å². The first kappa shape index (κ1) is 33.2. The summed E-state index contributed by atoms with van der Waals surface area (Å²) in [7, 11) is 0. The van der Waals surface area contributed by atoms with Crippen LogP contribution in [0.4, 0.5) is 0 Å². The lowest BCUT2D eigenvalue weighted by Gasteiger charge is -2.34. The van der Waals surface area contributed by atoms with Crippen molar-refractivity contribution in [3.05, 3.63) is 112 Å². The molecule has 1 saturated carbocycles. The van der Waals surface area contributed by atoms with Gasteiger partial charge in [0.15, 0.2) is 0 Å². The number of aromatic nitrogens is 1. The summed E-state index contributed by atoms with van der Waals surface area (Å²) in [4.78, 5) is 13.4. The van der Waals surface area contributed by atoms with E-state index in [0.29, 0.717) is 11.8 Å². The van der Waals surface area contributed by atoms with Crippen molar-refractivity contribution in [2.24, 2.45) is 27.2 Å². The second kappa shape index (κ2) is 13.2. The molecular weight excluding hydrogens is 647 g/mol. The number of nitrogens with zero attached hydrogens (tertiary/aromatic N) is 4. The van der Waals surface area contributed by atoms with E-state index in [2.05, 4.69) is 108 Å². The van der Waals surface area contributed by atoms with Crippen LogP contribution in [0.2, 0.25) is 0 Å². The van der Waals surface area contributed by atoms with Gasteiger partial charge >= 0.3 is 0 Å². The Morgan fingerprint density at radius 1 is 0.811 bits per heavy atom. The highest BCUT2D eigenvalue weighted by molar-refractivity contribution is 6.12. The summed E-state index contributed by atoms with van der Waals surface area (Å²) in [6, 6.07) is 7.37. The van der Waals surface area contributed by atoms with Crippen LogP contribution in [0, 0.1) is 17.3 Å². The van der Waals surface area contributed by atoms with Crippen molar-refractivity contribution in [3.63, 3.8) is 0 Å². The number of benzene rings is 1. The summed E-state index contributed by atoms with van der Waals surface area (Å²) >= 11 is 0. The molecule has 5 nitrogen and oxygen atoms in total. The molecule has 5 heteroatoms. The predicted octanol–water partition coefficient (Wildman–Crippen LogP) is 11.8. The Labute approximate surface area is 316 Å². The molecule has 0 saturated heterocycles. The minimum atomic E-state index is -0.0198. The molecule has 272 valence electrons. The fraction of sp³-hybridized carbons (Fsp3) is 0.458. The van der Waals surface area contributed by atoms with E-state index in [-0.39, 0.29) is 11.6 Å². The third-order valence-electron chi connectivity index (χ3n) is 13.4. The van der Waals surface area contributed by atoms with Gasteiger partial charge in [-0.05, 0) is 129 Å². The maximum atomic E-state index is 5.51. The number of guanidine groups is 1. The molecule has 0 spiro atoms. The van der Waals surface area contributed by atoms with Crippen LogP contribution in [0.1, 0.15) is 127 Å². The van der Waals surface area contributed by atoms with Gasteiger partial charge < -0.3 is 9.88 Å². The number of hydrogen-bond acceptors (Lipinski definition) is 4. The number of allylic oxidation sites excluding steroid dienone is 11. The van der Waals surface area contributed by atoms with Gasteiger partial charge in [0.2, 0.25) is 5.96 Å². The van der Waals surface area contributed by atoms with Crippen LogP contribution in [0.25, 0.3) is 28.2 Å². The summed E-state index contributed by atoms with van der Waals surface area (Å²) in [5, 5.41) is 5.25. The van der Waals surface area contributed by atoms with Gasteiger partial charge in [-0.25, -0.2) is 9.98 Å². The van der Waals surface area contributed by atoms with E-state index in [1.54, 1.807) is 11.1 Å². The molecule has 2 aromatic rings. The molecule has 1 N–H and O–H groups in total. The lowest BCUT2D eigenvalue weighted by Crippen LogP contribution is -2.47. The maximum absolute atomic E-state index is 5.51. The molecule has 0 bridgehead atoms. The standard InChI is InChI=1S/C48H55N5/c1-48(2,3)35-23-25-36(26-24-35)52-41-19-11-10-17-37(41)39-27-21-33(29-43(39)52)34-22-28-40-38-18-12-20-42(38)53(44(40)30-34)47-50-45(31-13-6-4-7-14-31)49-46(51-47)32-15-8-5-9-16-32/h6,11,13-14,19-21,23,25,27,29-30,32,38,46H,4-5,7-10,12,15-18,22,24,26,28H2,1-3H3,(H,49,50,51). The first-order valence-corrected chi connectivity index (χ1v) is 20.9. The summed E-state index contributed by atoms with van der Waals surface area (Å²) in [5.74, 6) is 3.02. The van der Waals surface area contributed by atoms with Crippen molar-refractivity contribution in [2.75, 3.05) is 0 Å². The number of amidine groups is 1. The van der Waals surface area contributed by atoms with Gasteiger partial charge in [0.1, 0.15) is 12.0 Å². The predicted molar refractivity (Wildman–Crippen MR) is 222 cm³/mol. The zero-order chi connectivity index (χ0) is 35.7. The Kier molecular flexibility index (Phi) is 8.26. The molecule has 6 aliphatic carbocycles. The Morgan fingerprint density at radius 2 is 1.70 bits per heavy atom. The van der Waals surface area contributed by atoms with Crippen LogP contribution in [-0.2, 0) is 6.42 Å². The highest BCUT2D eigenvalue weighted by Gasteiger charge is 2.42. The Balaban J connectivity index is 1.05. The zero-order valence-electron chi connectivity index (χ0n) is 32.1. The second-order valence-corrected chi connectivity index (χ2v) is 17.7. The second-order valence-electron chi connectivity index (χ2n) is 17.7. The molecule has 8 aliphatic rings. The first-order valence-electron chi connectivity index (χ1n) is 20.9. The number of aryl methyl sites for hydroxylation is 1. The van der Waals surface area contributed by atoms with Crippen LogP contribution in [0.15, 0.2) is 105 Å². The normalized spacial score (nSPS) is 25.9. The Morgan fingerprint density at radius 3 is 2.51 bits per heavy atom. The van der Waals surface area contributed by atoms with E-state index >= 15 is 0 Å². The molecule has 53 heavy (non-hydrogen) atoms. The van der Waals surface area contributed by atoms with Gasteiger partial charge in [0, 0.05) is 45.6 Å². The first-order chi connectivity index (χ1) is 25.9. The van der Waals surface area contributed by atoms with E-state index in [0.717, 1.165) is 69.6 Å². The third kappa shape index (κ3) is 5.81. The van der Waals surface area contributed by atoms with Crippen molar-refractivity contribution in [2.45, 2.75) is 123 Å². The molecule has 10 rings (SSSR count). The lowest BCUT2D eigenvalue weighted by molar-refractivity contribution is 0.307. The topological polar surface area (TPSA) is 44.9 Å². The largest absolute Gasteiger partial charge is 0.313 e. The summed E-state index contributed by atoms with van der Waals surface area (Å²) in [5.41, 5.74) is 15.9. The average Bonchev–Trinajstić information content (AvgIpc) is 3.89. The summed E-state index contributed by atoms with van der Waals surface area (Å²) in [6.45, 7) is 7.04. The molecule has 2 aliphatic heterocycles. The van der Waals surface area contributed by atoms with Gasteiger partial charge in [-0.1, -0.05) is 94.2 Å². The zero-order valence-corrected chi connectivity index (χ0v) is 32.1. The SMILES string of the molecule is CC(C)(C)C1=CC=C(n2c3c(c4ccc(C5=CC6=C(CC5)C5CCC=C5N6C5=NC(C6CCCCC6)N=C(C6=CCCC=C6)N5)cc42)CCC=C3)CC1. The maximum Gasteiger partial charge on any atom is 0.210 e. The van der Waals surface area contributed by atoms with E-state index < -0.39 is 0 Å². The van der Waals surface area contributed by atoms with E-state index in [1.165, 1.54) is 94.5 Å².